The molecule has 2 aromatic carbocycles. The minimum atomic E-state index is -4.48. The largest absolute Gasteiger partial charge is 0.416 e. The third-order valence-electron chi connectivity index (χ3n) is 4.09. The number of halogens is 4. The second kappa shape index (κ2) is 7.79. The molecule has 1 aromatic heterocycles. The Balaban J connectivity index is 1.72. The molecule has 5 nitrogen and oxygen atoms in total. The second-order valence-electron chi connectivity index (χ2n) is 6.24. The van der Waals surface area contributed by atoms with E-state index in [0.717, 1.165) is 11.6 Å². The molecular weight excluding hydrogens is 376 g/mol. The van der Waals surface area contributed by atoms with E-state index in [2.05, 4.69) is 10.3 Å². The topological polar surface area (TPSA) is 51.0 Å². The minimum absolute atomic E-state index is 0.00843. The van der Waals surface area contributed by atoms with E-state index in [1.54, 1.807) is 19.2 Å². The molecule has 0 spiro atoms. The van der Waals surface area contributed by atoms with Crippen molar-refractivity contribution >= 4 is 5.91 Å². The van der Waals surface area contributed by atoms with Gasteiger partial charge in [0.1, 0.15) is 5.82 Å². The van der Waals surface area contributed by atoms with Gasteiger partial charge in [-0.2, -0.15) is 13.2 Å². The van der Waals surface area contributed by atoms with Crippen LogP contribution in [0.3, 0.4) is 0 Å². The van der Waals surface area contributed by atoms with Gasteiger partial charge in [0, 0.05) is 13.6 Å². The predicted octanol–water partition coefficient (Wildman–Crippen LogP) is 3.76. The fourth-order valence-corrected chi connectivity index (χ4v) is 2.71. The molecule has 1 heterocycles. The van der Waals surface area contributed by atoms with Crippen LogP contribution in [0.4, 0.5) is 17.6 Å². The number of aromatic nitrogens is 3. The average Bonchev–Trinajstić information content (AvgIpc) is 3.11. The molecule has 0 radical (unpaired) electrons. The summed E-state index contributed by atoms with van der Waals surface area (Å²) in [6, 6.07) is 10.9. The van der Waals surface area contributed by atoms with E-state index >= 15 is 0 Å². The number of alkyl halides is 3. The van der Waals surface area contributed by atoms with E-state index in [9.17, 15) is 22.4 Å². The van der Waals surface area contributed by atoms with Crippen molar-refractivity contribution in [3.8, 4) is 0 Å². The molecule has 28 heavy (non-hydrogen) atoms. The molecule has 3 aromatic rings. The molecule has 0 aliphatic rings. The van der Waals surface area contributed by atoms with Crippen molar-refractivity contribution in [2.75, 3.05) is 7.05 Å². The number of benzene rings is 2. The molecule has 0 N–H and O–H groups in total. The lowest BCUT2D eigenvalue weighted by atomic mass is 10.1. The van der Waals surface area contributed by atoms with Gasteiger partial charge in [0.15, 0.2) is 5.69 Å². The molecule has 0 bridgehead atoms. The maximum absolute atomic E-state index is 13.1. The summed E-state index contributed by atoms with van der Waals surface area (Å²) in [5, 5.41) is 7.52. The molecule has 0 aliphatic heterocycles. The number of nitrogens with zero attached hydrogens (tertiary/aromatic N) is 4. The lowest BCUT2D eigenvalue weighted by molar-refractivity contribution is -0.138. The van der Waals surface area contributed by atoms with Gasteiger partial charge in [0.05, 0.1) is 18.3 Å². The summed E-state index contributed by atoms with van der Waals surface area (Å²) in [6.07, 6.45) is -3.18. The Bertz CT molecular complexity index is 967. The van der Waals surface area contributed by atoms with Crippen LogP contribution in [0, 0.1) is 5.82 Å². The highest BCUT2D eigenvalue weighted by molar-refractivity contribution is 5.91. The quantitative estimate of drug-likeness (QED) is 0.622. The first-order valence-electron chi connectivity index (χ1n) is 8.29. The summed E-state index contributed by atoms with van der Waals surface area (Å²) in [7, 11) is 1.55. The standard InChI is InChI=1S/C19H16F4N4O/c1-26(10-13-6-8-15(20)9-7-13)18(28)17-12-27(25-24-17)11-14-4-2-3-5-16(14)19(21,22)23/h2-9,12H,10-11H2,1H3. The molecule has 0 saturated carbocycles. The molecule has 0 unspecified atom stereocenters. The van der Waals surface area contributed by atoms with Crippen LogP contribution in [-0.4, -0.2) is 32.8 Å². The number of amides is 1. The highest BCUT2D eigenvalue weighted by Gasteiger charge is 2.33. The number of carbonyl (C=O) groups is 1. The van der Waals surface area contributed by atoms with Gasteiger partial charge in [-0.1, -0.05) is 35.5 Å². The van der Waals surface area contributed by atoms with Crippen molar-refractivity contribution in [1.29, 1.82) is 0 Å². The fraction of sp³-hybridized carbons (Fsp3) is 0.211. The average molecular weight is 392 g/mol. The van der Waals surface area contributed by atoms with Crippen molar-refractivity contribution in [2.45, 2.75) is 19.3 Å². The number of rotatable bonds is 5. The molecule has 146 valence electrons. The Morgan fingerprint density at radius 2 is 1.79 bits per heavy atom. The lowest BCUT2D eigenvalue weighted by Gasteiger charge is -2.15. The Labute approximate surface area is 158 Å². The summed E-state index contributed by atoms with van der Waals surface area (Å²) in [5.74, 6) is -0.820. The van der Waals surface area contributed by atoms with Crippen LogP contribution in [0.1, 0.15) is 27.2 Å². The monoisotopic (exact) mass is 392 g/mol. The number of hydrogen-bond acceptors (Lipinski definition) is 3. The van der Waals surface area contributed by atoms with Gasteiger partial charge in [0.25, 0.3) is 5.91 Å². The summed E-state index contributed by atoms with van der Waals surface area (Å²) in [4.78, 5) is 13.8. The van der Waals surface area contributed by atoms with Gasteiger partial charge in [-0.25, -0.2) is 9.07 Å². The van der Waals surface area contributed by atoms with E-state index in [4.69, 9.17) is 0 Å². The van der Waals surface area contributed by atoms with Crippen LogP contribution in [0.25, 0.3) is 0 Å². The van der Waals surface area contributed by atoms with E-state index < -0.39 is 17.6 Å². The van der Waals surface area contributed by atoms with Crippen LogP contribution >= 0.6 is 0 Å². The molecule has 0 saturated heterocycles. The summed E-state index contributed by atoms with van der Waals surface area (Å²) < 4.78 is 53.4. The first-order chi connectivity index (χ1) is 13.2. The van der Waals surface area contributed by atoms with Crippen LogP contribution in [0.2, 0.25) is 0 Å². The molecular formula is C19H16F4N4O. The second-order valence-corrected chi connectivity index (χ2v) is 6.24. The summed E-state index contributed by atoms with van der Waals surface area (Å²) in [5.41, 5.74) is 0.00298. The van der Waals surface area contributed by atoms with E-state index in [1.807, 2.05) is 0 Å². The number of hydrogen-bond donors (Lipinski definition) is 0. The smallest absolute Gasteiger partial charge is 0.336 e. The highest BCUT2D eigenvalue weighted by Crippen LogP contribution is 2.32. The Morgan fingerprint density at radius 1 is 1.11 bits per heavy atom. The zero-order valence-corrected chi connectivity index (χ0v) is 14.8. The van der Waals surface area contributed by atoms with Crippen molar-refractivity contribution < 1.29 is 22.4 Å². The van der Waals surface area contributed by atoms with Crippen molar-refractivity contribution in [3.05, 3.63) is 82.9 Å². The van der Waals surface area contributed by atoms with E-state index in [-0.39, 0.29) is 30.2 Å². The Kier molecular flexibility index (Phi) is 5.43. The maximum atomic E-state index is 13.1. The zero-order chi connectivity index (χ0) is 20.3. The van der Waals surface area contributed by atoms with Gasteiger partial charge < -0.3 is 4.90 Å². The maximum Gasteiger partial charge on any atom is 0.416 e. The zero-order valence-electron chi connectivity index (χ0n) is 14.8. The predicted molar refractivity (Wildman–Crippen MR) is 92.8 cm³/mol. The first kappa shape index (κ1) is 19.5. The van der Waals surface area contributed by atoms with Gasteiger partial charge in [-0.05, 0) is 29.3 Å². The third kappa shape index (κ3) is 4.54. The lowest BCUT2D eigenvalue weighted by Crippen LogP contribution is -2.26. The van der Waals surface area contributed by atoms with E-state index in [1.165, 1.54) is 46.1 Å². The van der Waals surface area contributed by atoms with Gasteiger partial charge >= 0.3 is 6.18 Å². The highest BCUT2D eigenvalue weighted by atomic mass is 19.4. The van der Waals surface area contributed by atoms with Crippen molar-refractivity contribution in [1.82, 2.24) is 19.9 Å². The Hall–Kier alpha value is -3.23. The minimum Gasteiger partial charge on any atom is -0.336 e. The SMILES string of the molecule is CN(Cc1ccc(F)cc1)C(=O)c1cn(Cc2ccccc2C(F)(F)F)nn1. The Morgan fingerprint density at radius 3 is 2.46 bits per heavy atom. The summed E-state index contributed by atoms with van der Waals surface area (Å²) in [6.45, 7) is 0.0561. The van der Waals surface area contributed by atoms with Gasteiger partial charge in [0.2, 0.25) is 0 Å². The van der Waals surface area contributed by atoms with Crippen molar-refractivity contribution in [3.63, 3.8) is 0 Å². The van der Waals surface area contributed by atoms with Crippen LogP contribution < -0.4 is 0 Å². The van der Waals surface area contributed by atoms with Crippen LogP contribution in [-0.2, 0) is 19.3 Å². The molecule has 1 amide bonds. The van der Waals surface area contributed by atoms with Gasteiger partial charge in [-0.15, -0.1) is 5.10 Å². The first-order valence-corrected chi connectivity index (χ1v) is 8.29. The molecule has 0 fully saturated rings. The molecule has 3 rings (SSSR count). The molecule has 0 atom stereocenters. The van der Waals surface area contributed by atoms with E-state index in [0.29, 0.717) is 0 Å². The van der Waals surface area contributed by atoms with Crippen LogP contribution in [0.5, 0.6) is 0 Å². The normalized spacial score (nSPS) is 11.5. The summed E-state index contributed by atoms with van der Waals surface area (Å²) >= 11 is 0. The van der Waals surface area contributed by atoms with Crippen molar-refractivity contribution in [2.24, 2.45) is 0 Å². The van der Waals surface area contributed by atoms with Gasteiger partial charge in [-0.3, -0.25) is 4.79 Å². The molecule has 9 heteroatoms. The van der Waals surface area contributed by atoms with Crippen LogP contribution in [0.15, 0.2) is 54.7 Å². The third-order valence-corrected chi connectivity index (χ3v) is 4.09. The fourth-order valence-electron chi connectivity index (χ4n) is 2.71. The number of carbonyl (C=O) groups excluding carboxylic acids is 1. The molecule has 0 aliphatic carbocycles.